The van der Waals surface area contributed by atoms with Gasteiger partial charge in [-0.05, 0) is 32.1 Å². The van der Waals surface area contributed by atoms with Crippen molar-refractivity contribution in [1.29, 1.82) is 0 Å². The molecule has 2 rings (SSSR count). The lowest BCUT2D eigenvalue weighted by Gasteiger charge is -2.26. The fourth-order valence-electron chi connectivity index (χ4n) is 1.90. The minimum Gasteiger partial charge on any atom is -0.495 e. The zero-order valence-electron chi connectivity index (χ0n) is 10.9. The quantitative estimate of drug-likeness (QED) is 0.832. The largest absolute Gasteiger partial charge is 0.495 e. The summed E-state index contributed by atoms with van der Waals surface area (Å²) in [5.41, 5.74) is 0.789. The van der Waals surface area contributed by atoms with Crippen LogP contribution in [0.4, 0.5) is 0 Å². The molecule has 0 aromatic heterocycles. The smallest absolute Gasteiger partial charge is 0.342 e. The van der Waals surface area contributed by atoms with Gasteiger partial charge in [0.25, 0.3) is 0 Å². The van der Waals surface area contributed by atoms with Gasteiger partial charge in [0.15, 0.2) is 0 Å². The Morgan fingerprint density at radius 2 is 2.00 bits per heavy atom. The Labute approximate surface area is 113 Å². The van der Waals surface area contributed by atoms with Gasteiger partial charge in [0.05, 0.1) is 18.1 Å². The molecular weight excluding hydrogens is 268 g/mol. The van der Waals surface area contributed by atoms with Crippen LogP contribution in [0.2, 0.25) is 0 Å². The van der Waals surface area contributed by atoms with Crippen molar-refractivity contribution in [3.05, 3.63) is 28.7 Å². The molecule has 5 nitrogen and oxygen atoms in total. The molecular formula is C13H16O5S. The molecule has 0 unspecified atom stereocenters. The van der Waals surface area contributed by atoms with Gasteiger partial charge in [-0.1, -0.05) is 0 Å². The summed E-state index contributed by atoms with van der Waals surface area (Å²) in [7, 11) is -1.49. The number of rotatable bonds is 3. The molecule has 2 N–H and O–H groups in total. The Balaban J connectivity index is 2.49. The molecule has 0 fully saturated rings. The van der Waals surface area contributed by atoms with Crippen LogP contribution in [0.5, 0.6) is 5.75 Å². The molecule has 1 aromatic carbocycles. The molecule has 0 radical (unpaired) electrons. The fourth-order valence-corrected chi connectivity index (χ4v) is 3.12. The minimum atomic E-state index is -2.92. The van der Waals surface area contributed by atoms with Crippen LogP contribution in [0.3, 0.4) is 0 Å². The van der Waals surface area contributed by atoms with E-state index in [0.29, 0.717) is 16.2 Å². The maximum absolute atomic E-state index is 12.0. The number of hydrogen-bond donors (Lipinski definition) is 2. The highest BCUT2D eigenvalue weighted by molar-refractivity contribution is 8.27. The van der Waals surface area contributed by atoms with E-state index in [1.807, 2.05) is 0 Å². The molecule has 0 atom stereocenters. The van der Waals surface area contributed by atoms with Crippen LogP contribution in [0, 0.1) is 0 Å². The molecule has 1 heterocycles. The Bertz CT molecular complexity index is 548. The lowest BCUT2D eigenvalue weighted by molar-refractivity contribution is 0.0374. The monoisotopic (exact) mass is 284 g/mol. The second-order valence-corrected chi connectivity index (χ2v) is 6.31. The Kier molecular flexibility index (Phi) is 3.58. The first kappa shape index (κ1) is 13.9. The van der Waals surface area contributed by atoms with E-state index in [9.17, 15) is 13.9 Å². The average Bonchev–Trinajstić information content (AvgIpc) is 2.63. The standard InChI is InChI=1S/C13H16O5S/c1-8(2)18-13(14)10-4-5-11-9(12(10)17-3)6-7-19(11,15)16/h4-8,15-16H,1-3H3. The second kappa shape index (κ2) is 4.88. The van der Waals surface area contributed by atoms with Gasteiger partial charge in [0.2, 0.25) is 0 Å². The lowest BCUT2D eigenvalue weighted by atomic mass is 10.1. The third-order valence-corrected chi connectivity index (χ3v) is 4.19. The third kappa shape index (κ3) is 2.47. The van der Waals surface area contributed by atoms with E-state index in [-0.39, 0.29) is 11.7 Å². The van der Waals surface area contributed by atoms with Crippen molar-refractivity contribution in [2.24, 2.45) is 0 Å². The lowest BCUT2D eigenvalue weighted by Crippen LogP contribution is -2.13. The van der Waals surface area contributed by atoms with E-state index >= 15 is 0 Å². The maximum atomic E-state index is 12.0. The molecule has 19 heavy (non-hydrogen) atoms. The van der Waals surface area contributed by atoms with Crippen molar-refractivity contribution in [3.63, 3.8) is 0 Å². The Hall–Kier alpha value is -1.50. The zero-order chi connectivity index (χ0) is 14.2. The SMILES string of the molecule is COc1c(C(=O)OC(C)C)ccc2c1C=CS2(O)O. The van der Waals surface area contributed by atoms with Crippen LogP contribution in [-0.4, -0.2) is 28.3 Å². The van der Waals surface area contributed by atoms with Crippen molar-refractivity contribution in [2.45, 2.75) is 24.8 Å². The number of benzene rings is 1. The summed E-state index contributed by atoms with van der Waals surface area (Å²) in [5.74, 6) is -0.191. The van der Waals surface area contributed by atoms with Crippen LogP contribution in [0.1, 0.15) is 29.8 Å². The van der Waals surface area contributed by atoms with Crippen LogP contribution in [-0.2, 0) is 4.74 Å². The van der Waals surface area contributed by atoms with Crippen LogP contribution in [0.15, 0.2) is 22.4 Å². The predicted octanol–water partition coefficient (Wildman–Crippen LogP) is 3.35. The summed E-state index contributed by atoms with van der Waals surface area (Å²) in [5, 5.41) is 1.32. The molecule has 0 amide bonds. The molecule has 0 saturated heterocycles. The Morgan fingerprint density at radius 3 is 2.58 bits per heavy atom. The minimum absolute atomic E-state index is 0.235. The number of methoxy groups -OCH3 is 1. The van der Waals surface area contributed by atoms with Crippen LogP contribution in [0.25, 0.3) is 6.08 Å². The van der Waals surface area contributed by atoms with Crippen LogP contribution >= 0.6 is 10.6 Å². The average molecular weight is 284 g/mol. The summed E-state index contributed by atoms with van der Waals surface area (Å²) < 4.78 is 30.0. The summed E-state index contributed by atoms with van der Waals surface area (Å²) >= 11 is 0. The van der Waals surface area contributed by atoms with Gasteiger partial charge in [-0.2, -0.15) is 0 Å². The Morgan fingerprint density at radius 1 is 1.32 bits per heavy atom. The van der Waals surface area contributed by atoms with Crippen molar-refractivity contribution in [2.75, 3.05) is 7.11 Å². The van der Waals surface area contributed by atoms with E-state index < -0.39 is 16.6 Å². The van der Waals surface area contributed by atoms with E-state index in [2.05, 4.69) is 0 Å². The summed E-state index contributed by atoms with van der Waals surface area (Å²) in [6.45, 7) is 3.52. The molecule has 0 bridgehead atoms. The molecule has 1 aliphatic rings. The topological polar surface area (TPSA) is 76.0 Å². The first-order valence-corrected chi connectivity index (χ1v) is 7.36. The van der Waals surface area contributed by atoms with E-state index in [0.717, 1.165) is 0 Å². The third-order valence-electron chi connectivity index (χ3n) is 2.67. The first-order chi connectivity index (χ1) is 8.86. The van der Waals surface area contributed by atoms with E-state index in [4.69, 9.17) is 9.47 Å². The highest BCUT2D eigenvalue weighted by Gasteiger charge is 2.28. The summed E-state index contributed by atoms with van der Waals surface area (Å²) in [6, 6.07) is 3.01. The molecule has 1 aromatic rings. The molecule has 6 heteroatoms. The fraction of sp³-hybridized carbons (Fsp3) is 0.308. The van der Waals surface area contributed by atoms with Crippen LogP contribution < -0.4 is 4.74 Å². The van der Waals surface area contributed by atoms with E-state index in [1.54, 1.807) is 19.9 Å². The van der Waals surface area contributed by atoms with Gasteiger partial charge in [-0.3, -0.25) is 9.11 Å². The van der Waals surface area contributed by atoms with Gasteiger partial charge < -0.3 is 9.47 Å². The zero-order valence-corrected chi connectivity index (χ0v) is 11.7. The van der Waals surface area contributed by atoms with Crippen molar-refractivity contribution >= 4 is 22.6 Å². The van der Waals surface area contributed by atoms with E-state index in [1.165, 1.54) is 24.7 Å². The highest BCUT2D eigenvalue weighted by Crippen LogP contribution is 2.58. The molecule has 104 valence electrons. The van der Waals surface area contributed by atoms with Gasteiger partial charge in [0, 0.05) is 11.0 Å². The molecule has 1 aliphatic heterocycles. The van der Waals surface area contributed by atoms with Gasteiger partial charge in [0.1, 0.15) is 11.3 Å². The highest BCUT2D eigenvalue weighted by atomic mass is 32.3. The second-order valence-electron chi connectivity index (χ2n) is 4.41. The first-order valence-electron chi connectivity index (χ1n) is 5.75. The number of carbonyl (C=O) groups excluding carboxylic acids is 1. The predicted molar refractivity (Wildman–Crippen MR) is 73.7 cm³/mol. The summed E-state index contributed by atoms with van der Waals surface area (Å²) in [6.07, 6.45) is 1.32. The maximum Gasteiger partial charge on any atom is 0.342 e. The van der Waals surface area contributed by atoms with Gasteiger partial charge >= 0.3 is 5.97 Å². The van der Waals surface area contributed by atoms with Gasteiger partial charge in [-0.15, -0.1) is 10.6 Å². The number of esters is 1. The number of hydrogen-bond acceptors (Lipinski definition) is 5. The molecule has 0 saturated carbocycles. The van der Waals surface area contributed by atoms with Crippen molar-refractivity contribution < 1.29 is 23.4 Å². The van der Waals surface area contributed by atoms with Gasteiger partial charge in [-0.25, -0.2) is 4.79 Å². The molecule has 0 spiro atoms. The number of carbonyl (C=O) groups is 1. The normalized spacial score (nSPS) is 17.2. The number of fused-ring (bicyclic) bond motifs is 1. The number of ether oxygens (including phenoxy) is 2. The molecule has 0 aliphatic carbocycles. The van der Waals surface area contributed by atoms with Crippen molar-refractivity contribution in [3.8, 4) is 5.75 Å². The summed E-state index contributed by atoms with van der Waals surface area (Å²) in [4.78, 5) is 12.3. The van der Waals surface area contributed by atoms with Crippen molar-refractivity contribution in [1.82, 2.24) is 0 Å².